The predicted molar refractivity (Wildman–Crippen MR) is 118 cm³/mol. The number of fused-ring (bicyclic) bond motifs is 1. The molecule has 29 heavy (non-hydrogen) atoms. The van der Waals surface area contributed by atoms with Gasteiger partial charge in [0.1, 0.15) is 5.02 Å². The molecular formula is C23H26ClN3O2. The molecule has 0 amide bonds. The number of halogens is 1. The highest BCUT2D eigenvalue weighted by Crippen LogP contribution is 2.23. The van der Waals surface area contributed by atoms with E-state index in [4.69, 9.17) is 16.3 Å². The van der Waals surface area contributed by atoms with Gasteiger partial charge in [-0.1, -0.05) is 41.5 Å². The maximum atomic E-state index is 12.9. The molecule has 5 nitrogen and oxygen atoms in total. The average Bonchev–Trinajstić information content (AvgIpc) is 2.73. The second-order valence-electron chi connectivity index (χ2n) is 7.81. The molecule has 1 aromatic carbocycles. The van der Waals surface area contributed by atoms with Crippen molar-refractivity contribution in [1.82, 2.24) is 9.78 Å². The zero-order valence-electron chi connectivity index (χ0n) is 16.7. The number of hydrogen-bond donors (Lipinski definition) is 1. The summed E-state index contributed by atoms with van der Waals surface area (Å²) in [6.45, 7) is 4.45. The minimum absolute atomic E-state index is 0.164. The predicted octanol–water partition coefficient (Wildman–Crippen LogP) is 4.63. The summed E-state index contributed by atoms with van der Waals surface area (Å²) in [6, 6.07) is 6.01. The van der Waals surface area contributed by atoms with E-state index in [-0.39, 0.29) is 10.6 Å². The monoisotopic (exact) mass is 411 g/mol. The van der Waals surface area contributed by atoms with Crippen LogP contribution in [0.25, 0.3) is 11.8 Å². The molecule has 4 rings (SSSR count). The van der Waals surface area contributed by atoms with Crippen LogP contribution in [0.3, 0.4) is 0 Å². The van der Waals surface area contributed by atoms with E-state index in [2.05, 4.69) is 41.6 Å². The lowest BCUT2D eigenvalue weighted by Gasteiger charge is -2.22. The van der Waals surface area contributed by atoms with E-state index >= 15 is 0 Å². The average molecular weight is 412 g/mol. The highest BCUT2D eigenvalue weighted by Gasteiger charge is 2.16. The fraction of sp³-hybridized carbons (Fsp3) is 0.391. The van der Waals surface area contributed by atoms with Crippen LogP contribution >= 0.6 is 11.6 Å². The zero-order valence-corrected chi connectivity index (χ0v) is 17.4. The molecule has 0 radical (unpaired) electrons. The van der Waals surface area contributed by atoms with Gasteiger partial charge in [0, 0.05) is 13.2 Å². The Morgan fingerprint density at radius 2 is 2.24 bits per heavy atom. The summed E-state index contributed by atoms with van der Waals surface area (Å²) in [4.78, 5) is 12.9. The van der Waals surface area contributed by atoms with Crippen molar-refractivity contribution in [2.75, 3.05) is 25.1 Å². The summed E-state index contributed by atoms with van der Waals surface area (Å²) >= 11 is 6.38. The number of nitrogens with zero attached hydrogens (tertiary/aromatic N) is 2. The number of nitrogens with one attached hydrogen (secondary N) is 1. The van der Waals surface area contributed by atoms with Crippen molar-refractivity contribution in [3.8, 4) is 5.69 Å². The van der Waals surface area contributed by atoms with Crippen molar-refractivity contribution in [2.24, 2.45) is 5.92 Å². The van der Waals surface area contributed by atoms with Crippen LogP contribution in [0.15, 0.2) is 46.9 Å². The summed E-state index contributed by atoms with van der Waals surface area (Å²) in [5.41, 5.74) is 4.71. The number of rotatable bonds is 4. The highest BCUT2D eigenvalue weighted by molar-refractivity contribution is 6.32. The van der Waals surface area contributed by atoms with Gasteiger partial charge in [0.25, 0.3) is 5.56 Å². The van der Waals surface area contributed by atoms with Crippen molar-refractivity contribution in [1.29, 1.82) is 0 Å². The third-order valence-corrected chi connectivity index (χ3v) is 5.94. The summed E-state index contributed by atoms with van der Waals surface area (Å²) in [5, 5.41) is 7.80. The third kappa shape index (κ3) is 4.62. The number of ether oxygens (including phenoxy) is 1. The van der Waals surface area contributed by atoms with Gasteiger partial charge in [0.05, 0.1) is 24.2 Å². The van der Waals surface area contributed by atoms with Gasteiger partial charge >= 0.3 is 0 Å². The van der Waals surface area contributed by atoms with Gasteiger partial charge in [-0.15, -0.1) is 0 Å². The molecule has 1 atom stereocenters. The molecule has 1 aliphatic heterocycles. The van der Waals surface area contributed by atoms with E-state index in [9.17, 15) is 4.79 Å². The Kier molecular flexibility index (Phi) is 6.16. The van der Waals surface area contributed by atoms with Crippen LogP contribution in [-0.4, -0.2) is 29.5 Å². The van der Waals surface area contributed by atoms with Crippen molar-refractivity contribution in [3.63, 3.8) is 0 Å². The molecular weight excluding hydrogens is 386 g/mol. The number of aromatic nitrogens is 2. The zero-order chi connectivity index (χ0) is 20.2. The first-order valence-corrected chi connectivity index (χ1v) is 10.6. The van der Waals surface area contributed by atoms with Crippen LogP contribution in [0.5, 0.6) is 0 Å². The molecule has 152 valence electrons. The fourth-order valence-electron chi connectivity index (χ4n) is 3.79. The first-order chi connectivity index (χ1) is 14.1. The van der Waals surface area contributed by atoms with Crippen LogP contribution in [0.1, 0.15) is 37.3 Å². The lowest BCUT2D eigenvalue weighted by Crippen LogP contribution is -2.26. The Labute approximate surface area is 176 Å². The molecule has 1 N–H and O–H groups in total. The molecule has 0 saturated carbocycles. The smallest absolute Gasteiger partial charge is 0.292 e. The van der Waals surface area contributed by atoms with Gasteiger partial charge in [-0.25, -0.2) is 0 Å². The molecule has 1 aliphatic carbocycles. The summed E-state index contributed by atoms with van der Waals surface area (Å²) < 4.78 is 6.87. The van der Waals surface area contributed by atoms with Gasteiger partial charge in [-0.3, -0.25) is 4.79 Å². The molecule has 2 heterocycles. The van der Waals surface area contributed by atoms with Crippen LogP contribution in [-0.2, 0) is 11.2 Å². The standard InChI is InChI=1S/C23H26ClN3O2/c1-16-4-2-6-19-12-20(10-9-18(19)8-7-16)27-23(28)22(24)21(14-26-27)25-13-17-5-3-11-29-15-17/h2,4,6,9-10,12,14,17,25H,3,5,7-8,11,13,15H2,1H3/b6-2-,16-4?/t17-/m0/s1. The minimum Gasteiger partial charge on any atom is -0.382 e. The molecule has 1 saturated heterocycles. The van der Waals surface area contributed by atoms with Crippen LogP contribution in [0, 0.1) is 5.92 Å². The number of benzene rings is 1. The van der Waals surface area contributed by atoms with E-state index in [0.717, 1.165) is 51.0 Å². The van der Waals surface area contributed by atoms with E-state index in [1.165, 1.54) is 15.8 Å². The normalized spacial score (nSPS) is 20.2. The number of anilines is 1. The SMILES string of the molecule is CC1=C/C=C\c2cc(-n3ncc(NC[C@@H]4CCCOC4)c(Cl)c3=O)ccc2CC1. The Morgan fingerprint density at radius 3 is 3.07 bits per heavy atom. The van der Waals surface area contributed by atoms with Crippen molar-refractivity contribution in [2.45, 2.75) is 32.6 Å². The van der Waals surface area contributed by atoms with Gasteiger partial charge < -0.3 is 10.1 Å². The number of allylic oxidation sites excluding steroid dienone is 3. The topological polar surface area (TPSA) is 56.1 Å². The second kappa shape index (κ2) is 8.97. The van der Waals surface area contributed by atoms with Gasteiger partial charge in [0.2, 0.25) is 0 Å². The fourth-order valence-corrected chi connectivity index (χ4v) is 3.99. The highest BCUT2D eigenvalue weighted by atomic mass is 35.5. The molecule has 0 bridgehead atoms. The maximum absolute atomic E-state index is 12.9. The maximum Gasteiger partial charge on any atom is 0.292 e. The van der Waals surface area contributed by atoms with Crippen LogP contribution in [0.4, 0.5) is 5.69 Å². The van der Waals surface area contributed by atoms with Gasteiger partial charge in [-0.05, 0) is 61.8 Å². The summed E-state index contributed by atoms with van der Waals surface area (Å²) in [6.07, 6.45) is 12.1. The summed E-state index contributed by atoms with van der Waals surface area (Å²) in [7, 11) is 0. The van der Waals surface area contributed by atoms with E-state index < -0.39 is 0 Å². The summed E-state index contributed by atoms with van der Waals surface area (Å²) in [5.74, 6) is 0.431. The van der Waals surface area contributed by atoms with Gasteiger partial charge in [-0.2, -0.15) is 9.78 Å². The van der Waals surface area contributed by atoms with E-state index in [1.54, 1.807) is 6.20 Å². The Bertz CT molecular complexity index is 1000. The largest absolute Gasteiger partial charge is 0.382 e. The molecule has 2 aliphatic rings. The van der Waals surface area contributed by atoms with Crippen molar-refractivity contribution >= 4 is 23.4 Å². The second-order valence-corrected chi connectivity index (χ2v) is 8.19. The van der Waals surface area contributed by atoms with Crippen molar-refractivity contribution in [3.05, 3.63) is 68.6 Å². The lowest BCUT2D eigenvalue weighted by atomic mass is 9.97. The Morgan fingerprint density at radius 1 is 1.34 bits per heavy atom. The molecule has 6 heteroatoms. The molecule has 2 aromatic rings. The quantitative estimate of drug-likeness (QED) is 0.796. The van der Waals surface area contributed by atoms with Crippen LogP contribution in [0.2, 0.25) is 5.02 Å². The number of aryl methyl sites for hydroxylation is 1. The van der Waals surface area contributed by atoms with E-state index in [1.807, 2.05) is 12.1 Å². The first kappa shape index (κ1) is 19.9. The third-order valence-electron chi connectivity index (χ3n) is 5.57. The molecule has 0 spiro atoms. The molecule has 1 fully saturated rings. The Balaban J connectivity index is 1.57. The lowest BCUT2D eigenvalue weighted by molar-refractivity contribution is 0.0595. The minimum atomic E-state index is -0.318. The van der Waals surface area contributed by atoms with Crippen molar-refractivity contribution < 1.29 is 4.74 Å². The van der Waals surface area contributed by atoms with Gasteiger partial charge in [0.15, 0.2) is 0 Å². The van der Waals surface area contributed by atoms with Crippen LogP contribution < -0.4 is 10.9 Å². The first-order valence-electron chi connectivity index (χ1n) is 10.2. The molecule has 1 aromatic heterocycles. The Hall–Kier alpha value is -2.37. The van der Waals surface area contributed by atoms with E-state index in [0.29, 0.717) is 17.3 Å². The number of hydrogen-bond acceptors (Lipinski definition) is 4. The molecule has 0 unspecified atom stereocenters.